The van der Waals surface area contributed by atoms with Crippen LogP contribution in [0, 0.1) is 5.92 Å². The van der Waals surface area contributed by atoms with E-state index < -0.39 is 0 Å². The van der Waals surface area contributed by atoms with Crippen LogP contribution in [0.2, 0.25) is 0 Å². The fourth-order valence-corrected chi connectivity index (χ4v) is 2.55. The summed E-state index contributed by atoms with van der Waals surface area (Å²) in [5, 5.41) is 0. The molecule has 0 aromatic heterocycles. The van der Waals surface area contributed by atoms with E-state index in [1.165, 1.54) is 77.0 Å². The first kappa shape index (κ1) is 22.9. The molecular weight excluding hydrogens is 255 g/mol. The first-order valence-electron chi connectivity index (χ1n) is 8.71. The second kappa shape index (κ2) is 19.7. The Morgan fingerprint density at radius 1 is 0.650 bits per heavy atom. The van der Waals surface area contributed by atoms with Crippen LogP contribution in [0.1, 0.15) is 104 Å². The zero-order valence-corrected chi connectivity index (χ0v) is 13.5. The van der Waals surface area contributed by atoms with Gasteiger partial charge >= 0.3 is 29.6 Å². The van der Waals surface area contributed by atoms with Crippen molar-refractivity contribution in [3.05, 3.63) is 0 Å². The third-order valence-corrected chi connectivity index (χ3v) is 3.85. The van der Waals surface area contributed by atoms with Crippen LogP contribution >= 0.6 is 0 Å². The molecule has 0 saturated carbocycles. The molecular formula is C18H37NaO. The summed E-state index contributed by atoms with van der Waals surface area (Å²) in [7, 11) is 0. The summed E-state index contributed by atoms with van der Waals surface area (Å²) < 4.78 is 0. The Balaban J connectivity index is 0. The van der Waals surface area contributed by atoms with E-state index in [0.717, 1.165) is 25.0 Å². The Kier molecular flexibility index (Phi) is 22.6. The predicted molar refractivity (Wildman–Crippen MR) is 92.7 cm³/mol. The Hall–Kier alpha value is 0.670. The molecule has 0 N–H and O–H groups in total. The van der Waals surface area contributed by atoms with Gasteiger partial charge in [0.25, 0.3) is 0 Å². The first-order valence-corrected chi connectivity index (χ1v) is 8.71. The van der Waals surface area contributed by atoms with Crippen molar-refractivity contribution in [2.45, 2.75) is 104 Å². The van der Waals surface area contributed by atoms with Gasteiger partial charge in [-0.3, -0.25) is 0 Å². The normalized spacial score (nSPS) is 10.6. The zero-order valence-electron chi connectivity index (χ0n) is 13.5. The van der Waals surface area contributed by atoms with Crippen molar-refractivity contribution in [2.75, 3.05) is 0 Å². The van der Waals surface area contributed by atoms with Gasteiger partial charge in [0.15, 0.2) is 0 Å². The molecule has 0 atom stereocenters. The molecule has 116 valence electrons. The summed E-state index contributed by atoms with van der Waals surface area (Å²) in [4.78, 5) is 10.1. The van der Waals surface area contributed by atoms with Crippen molar-refractivity contribution in [3.63, 3.8) is 0 Å². The van der Waals surface area contributed by atoms with Crippen molar-refractivity contribution in [2.24, 2.45) is 5.92 Å². The molecule has 0 radical (unpaired) electrons. The molecule has 0 saturated heterocycles. The molecule has 20 heavy (non-hydrogen) atoms. The van der Waals surface area contributed by atoms with Crippen molar-refractivity contribution < 1.29 is 4.79 Å². The van der Waals surface area contributed by atoms with Gasteiger partial charge in [-0.1, -0.05) is 90.9 Å². The van der Waals surface area contributed by atoms with Crippen LogP contribution in [0.3, 0.4) is 0 Å². The van der Waals surface area contributed by atoms with Gasteiger partial charge in [0.1, 0.15) is 6.29 Å². The van der Waals surface area contributed by atoms with Gasteiger partial charge in [0.05, 0.1) is 0 Å². The number of carbonyl (C=O) groups is 1. The molecule has 0 heterocycles. The summed E-state index contributed by atoms with van der Waals surface area (Å²) in [6, 6.07) is 0. The van der Waals surface area contributed by atoms with Gasteiger partial charge in [0.2, 0.25) is 0 Å². The number of unbranched alkanes of at least 4 members (excludes halogenated alkanes) is 12. The van der Waals surface area contributed by atoms with Crippen LogP contribution < -0.4 is 0 Å². The fourth-order valence-electron chi connectivity index (χ4n) is 2.55. The van der Waals surface area contributed by atoms with Crippen LogP contribution in [0.15, 0.2) is 0 Å². The third-order valence-electron chi connectivity index (χ3n) is 3.85. The van der Waals surface area contributed by atoms with Crippen LogP contribution in [-0.2, 0) is 4.79 Å². The molecule has 0 aliphatic rings. The van der Waals surface area contributed by atoms with E-state index in [1.54, 1.807) is 0 Å². The second-order valence-corrected chi connectivity index (χ2v) is 6.38. The second-order valence-electron chi connectivity index (χ2n) is 6.38. The summed E-state index contributed by atoms with van der Waals surface area (Å²) in [6.07, 6.45) is 19.7. The SMILES string of the molecule is CC(C)CCCCCCCCCCCCCCC=O.[NaH]. The fraction of sp³-hybridized carbons (Fsp3) is 0.944. The molecule has 1 nitrogen and oxygen atoms in total. The number of aldehydes is 1. The Morgan fingerprint density at radius 3 is 1.35 bits per heavy atom. The summed E-state index contributed by atoms with van der Waals surface area (Å²) in [5.41, 5.74) is 0. The van der Waals surface area contributed by atoms with Gasteiger partial charge in [-0.25, -0.2) is 0 Å². The minimum atomic E-state index is 0. The van der Waals surface area contributed by atoms with Gasteiger partial charge in [-0.2, -0.15) is 0 Å². The molecule has 0 spiro atoms. The van der Waals surface area contributed by atoms with Crippen LogP contribution in [0.5, 0.6) is 0 Å². The average molecular weight is 292 g/mol. The minimum absolute atomic E-state index is 0. The van der Waals surface area contributed by atoms with E-state index in [1.807, 2.05) is 0 Å². The number of carbonyl (C=O) groups excluding carboxylic acids is 1. The van der Waals surface area contributed by atoms with Crippen molar-refractivity contribution in [1.29, 1.82) is 0 Å². The van der Waals surface area contributed by atoms with Gasteiger partial charge in [-0.15, -0.1) is 0 Å². The van der Waals surface area contributed by atoms with Crippen molar-refractivity contribution in [1.82, 2.24) is 0 Å². The topological polar surface area (TPSA) is 17.1 Å². The van der Waals surface area contributed by atoms with Crippen LogP contribution in [-0.4, -0.2) is 35.8 Å². The third kappa shape index (κ3) is 21.0. The molecule has 0 aromatic carbocycles. The van der Waals surface area contributed by atoms with E-state index in [-0.39, 0.29) is 29.6 Å². The van der Waals surface area contributed by atoms with E-state index >= 15 is 0 Å². The van der Waals surface area contributed by atoms with Crippen molar-refractivity contribution >= 4 is 35.8 Å². The quantitative estimate of drug-likeness (QED) is 0.216. The molecule has 2 heteroatoms. The molecule has 0 rings (SSSR count). The molecule has 0 bridgehead atoms. The van der Waals surface area contributed by atoms with Gasteiger partial charge < -0.3 is 4.79 Å². The van der Waals surface area contributed by atoms with E-state index in [9.17, 15) is 4.79 Å². The molecule has 0 unspecified atom stereocenters. The zero-order chi connectivity index (χ0) is 14.2. The standard InChI is InChI=1S/C18H36O.Na.H/c1-18(2)16-14-12-10-8-6-4-3-5-7-9-11-13-15-17-19;;/h17-18H,3-16H2,1-2H3;;. The summed E-state index contributed by atoms with van der Waals surface area (Å²) in [6.45, 7) is 4.64. The Labute approximate surface area is 150 Å². The molecule has 0 fully saturated rings. The summed E-state index contributed by atoms with van der Waals surface area (Å²) in [5.74, 6) is 0.881. The molecule has 0 amide bonds. The first-order chi connectivity index (χ1) is 9.27. The Morgan fingerprint density at radius 2 is 1.00 bits per heavy atom. The number of rotatable bonds is 15. The van der Waals surface area contributed by atoms with Gasteiger partial charge in [-0.05, 0) is 12.3 Å². The molecule has 0 aromatic rings. The van der Waals surface area contributed by atoms with Crippen molar-refractivity contribution in [3.8, 4) is 0 Å². The van der Waals surface area contributed by atoms with E-state index in [2.05, 4.69) is 13.8 Å². The maximum atomic E-state index is 10.1. The van der Waals surface area contributed by atoms with Crippen LogP contribution in [0.25, 0.3) is 0 Å². The molecule has 0 aliphatic carbocycles. The number of hydrogen-bond acceptors (Lipinski definition) is 1. The van der Waals surface area contributed by atoms with E-state index in [0.29, 0.717) is 0 Å². The summed E-state index contributed by atoms with van der Waals surface area (Å²) >= 11 is 0. The average Bonchev–Trinajstić information content (AvgIpc) is 2.39. The van der Waals surface area contributed by atoms with E-state index in [4.69, 9.17) is 0 Å². The molecule has 0 aliphatic heterocycles. The maximum absolute atomic E-state index is 10.1. The van der Waals surface area contributed by atoms with Crippen LogP contribution in [0.4, 0.5) is 0 Å². The predicted octanol–water partition coefficient (Wildman–Crippen LogP) is 5.65. The van der Waals surface area contributed by atoms with Gasteiger partial charge in [0, 0.05) is 6.42 Å². The Bertz CT molecular complexity index is 180. The monoisotopic (exact) mass is 292 g/mol. The number of hydrogen-bond donors (Lipinski definition) is 0.